The zero-order chi connectivity index (χ0) is 16.1. The number of aliphatic hydroxyl groups is 1. The van der Waals surface area contributed by atoms with E-state index >= 15 is 0 Å². The second-order valence-corrected chi connectivity index (χ2v) is 6.84. The number of nitrogens with one attached hydrogen (secondary N) is 1. The number of carbonyl (C=O) groups is 1. The predicted octanol–water partition coefficient (Wildman–Crippen LogP) is 0.924. The first-order valence-electron chi connectivity index (χ1n) is 6.21. The molecule has 0 unspecified atom stereocenters. The summed E-state index contributed by atoms with van der Waals surface area (Å²) in [6.45, 7) is 0. The van der Waals surface area contributed by atoms with E-state index in [4.69, 9.17) is 16.7 Å². The van der Waals surface area contributed by atoms with Crippen LogP contribution in [-0.4, -0.2) is 19.4 Å². The van der Waals surface area contributed by atoms with Crippen LogP contribution in [0.5, 0.6) is 0 Å². The highest BCUT2D eigenvalue weighted by molar-refractivity contribution is 7.89. The molecule has 8 heteroatoms. The molecule has 0 radical (unpaired) electrons. The van der Waals surface area contributed by atoms with Gasteiger partial charge in [0.2, 0.25) is 10.0 Å². The Morgan fingerprint density at radius 3 is 2.55 bits per heavy atom. The minimum absolute atomic E-state index is 0.0625. The third-order valence-corrected chi connectivity index (χ3v) is 4.90. The maximum absolute atomic E-state index is 12.0. The van der Waals surface area contributed by atoms with Gasteiger partial charge in [-0.05, 0) is 18.2 Å². The summed E-state index contributed by atoms with van der Waals surface area (Å²) in [5.74, 6) is -0.454. The van der Waals surface area contributed by atoms with E-state index in [2.05, 4.69) is 5.32 Å². The van der Waals surface area contributed by atoms with Crippen molar-refractivity contribution in [3.8, 4) is 0 Å². The summed E-state index contributed by atoms with van der Waals surface area (Å²) in [5.41, 5.74) is -1.03. The van der Waals surface area contributed by atoms with E-state index < -0.39 is 21.7 Å². The predicted molar refractivity (Wildman–Crippen MR) is 79.7 cm³/mol. The average molecular weight is 339 g/mol. The van der Waals surface area contributed by atoms with Gasteiger partial charge in [-0.2, -0.15) is 0 Å². The highest BCUT2D eigenvalue weighted by Crippen LogP contribution is 2.36. The SMILES string of the molecule is NS(=O)(=O)c1cc([C@]2(O)NC(=O)c3ccccc32)ccc1Cl. The number of carbonyl (C=O) groups excluding carboxylic acids is 1. The molecule has 1 amide bonds. The van der Waals surface area contributed by atoms with E-state index in [0.29, 0.717) is 11.1 Å². The van der Waals surface area contributed by atoms with Gasteiger partial charge >= 0.3 is 0 Å². The summed E-state index contributed by atoms with van der Waals surface area (Å²) in [7, 11) is -4.06. The van der Waals surface area contributed by atoms with Crippen LogP contribution in [0.4, 0.5) is 0 Å². The summed E-state index contributed by atoms with van der Waals surface area (Å²) in [5, 5.41) is 18.4. The summed E-state index contributed by atoms with van der Waals surface area (Å²) in [4.78, 5) is 11.6. The van der Waals surface area contributed by atoms with Crippen molar-refractivity contribution in [1.82, 2.24) is 5.32 Å². The van der Waals surface area contributed by atoms with Gasteiger partial charge in [0.05, 0.1) is 5.02 Å². The number of hydrogen-bond donors (Lipinski definition) is 3. The van der Waals surface area contributed by atoms with Crippen molar-refractivity contribution < 1.29 is 18.3 Å². The molecule has 6 nitrogen and oxygen atoms in total. The van der Waals surface area contributed by atoms with E-state index in [1.165, 1.54) is 12.1 Å². The Hall–Kier alpha value is -1.93. The van der Waals surface area contributed by atoms with Crippen LogP contribution in [-0.2, 0) is 15.7 Å². The Morgan fingerprint density at radius 1 is 1.18 bits per heavy atom. The fraction of sp³-hybridized carbons (Fsp3) is 0.0714. The molecule has 1 aliphatic heterocycles. The van der Waals surface area contributed by atoms with Crippen molar-refractivity contribution in [2.45, 2.75) is 10.6 Å². The lowest BCUT2D eigenvalue weighted by molar-refractivity contribution is 0.0474. The van der Waals surface area contributed by atoms with Gasteiger partial charge in [-0.1, -0.05) is 35.9 Å². The zero-order valence-corrected chi connectivity index (χ0v) is 12.6. The highest BCUT2D eigenvalue weighted by atomic mass is 35.5. The third kappa shape index (κ3) is 2.19. The minimum atomic E-state index is -4.06. The maximum Gasteiger partial charge on any atom is 0.254 e. The number of nitrogens with two attached hydrogens (primary N) is 1. The van der Waals surface area contributed by atoms with Gasteiger partial charge in [-0.3, -0.25) is 4.79 Å². The molecule has 0 bridgehead atoms. The number of benzene rings is 2. The van der Waals surface area contributed by atoms with E-state index in [0.717, 1.165) is 6.07 Å². The van der Waals surface area contributed by atoms with E-state index in [1.54, 1.807) is 24.3 Å². The Morgan fingerprint density at radius 2 is 1.86 bits per heavy atom. The van der Waals surface area contributed by atoms with Gasteiger partial charge in [0.25, 0.3) is 5.91 Å². The van der Waals surface area contributed by atoms with Crippen molar-refractivity contribution >= 4 is 27.5 Å². The van der Waals surface area contributed by atoms with Crippen LogP contribution in [0.15, 0.2) is 47.4 Å². The number of halogens is 1. The van der Waals surface area contributed by atoms with E-state index in [9.17, 15) is 18.3 Å². The van der Waals surface area contributed by atoms with Crippen LogP contribution in [0.1, 0.15) is 21.5 Å². The average Bonchev–Trinajstić information content (AvgIpc) is 2.71. The van der Waals surface area contributed by atoms with Gasteiger partial charge < -0.3 is 10.4 Å². The summed E-state index contributed by atoms with van der Waals surface area (Å²) in [6, 6.07) is 10.4. The largest absolute Gasteiger partial charge is 0.363 e. The molecular formula is C14H11ClN2O4S. The van der Waals surface area contributed by atoms with Crippen LogP contribution < -0.4 is 10.5 Å². The lowest BCUT2D eigenvalue weighted by Crippen LogP contribution is -2.40. The topological polar surface area (TPSA) is 109 Å². The molecule has 1 heterocycles. The van der Waals surface area contributed by atoms with Gasteiger partial charge in [-0.15, -0.1) is 0 Å². The molecule has 22 heavy (non-hydrogen) atoms. The number of primary sulfonamides is 1. The Kier molecular flexibility index (Phi) is 3.26. The zero-order valence-electron chi connectivity index (χ0n) is 11.1. The number of fused-ring (bicyclic) bond motifs is 1. The molecule has 0 spiro atoms. The molecular weight excluding hydrogens is 328 g/mol. The molecule has 3 rings (SSSR count). The second kappa shape index (κ2) is 4.79. The number of amides is 1. The summed E-state index contributed by atoms with van der Waals surface area (Å²) >= 11 is 5.83. The van der Waals surface area contributed by atoms with Crippen molar-refractivity contribution in [3.05, 3.63) is 64.2 Å². The summed E-state index contributed by atoms with van der Waals surface area (Å²) in [6.07, 6.45) is 0. The Bertz CT molecular complexity index is 897. The molecule has 2 aromatic carbocycles. The third-order valence-electron chi connectivity index (χ3n) is 3.51. The van der Waals surface area contributed by atoms with Gasteiger partial charge in [0.1, 0.15) is 4.90 Å². The molecule has 0 aromatic heterocycles. The number of rotatable bonds is 2. The van der Waals surface area contributed by atoms with Crippen molar-refractivity contribution in [2.75, 3.05) is 0 Å². The molecule has 114 valence electrons. The first kappa shape index (κ1) is 15.0. The quantitative estimate of drug-likeness (QED) is 0.756. The van der Waals surface area contributed by atoms with Crippen molar-refractivity contribution in [1.29, 1.82) is 0 Å². The molecule has 0 fully saturated rings. The van der Waals surface area contributed by atoms with Crippen molar-refractivity contribution in [3.63, 3.8) is 0 Å². The van der Waals surface area contributed by atoms with E-state index in [-0.39, 0.29) is 15.5 Å². The summed E-state index contributed by atoms with van der Waals surface area (Å²) < 4.78 is 23.1. The molecule has 0 saturated heterocycles. The molecule has 2 aromatic rings. The van der Waals surface area contributed by atoms with Crippen LogP contribution in [0, 0.1) is 0 Å². The van der Waals surface area contributed by atoms with Crippen LogP contribution in [0.2, 0.25) is 5.02 Å². The Balaban J connectivity index is 2.23. The van der Waals surface area contributed by atoms with Crippen LogP contribution in [0.3, 0.4) is 0 Å². The lowest BCUT2D eigenvalue weighted by atomic mass is 9.94. The normalized spacial score (nSPS) is 20.6. The van der Waals surface area contributed by atoms with Crippen LogP contribution in [0.25, 0.3) is 0 Å². The minimum Gasteiger partial charge on any atom is -0.363 e. The first-order valence-corrected chi connectivity index (χ1v) is 8.13. The van der Waals surface area contributed by atoms with Crippen molar-refractivity contribution in [2.24, 2.45) is 5.14 Å². The monoisotopic (exact) mass is 338 g/mol. The van der Waals surface area contributed by atoms with Crippen LogP contribution >= 0.6 is 11.6 Å². The lowest BCUT2D eigenvalue weighted by Gasteiger charge is -2.25. The molecule has 0 saturated carbocycles. The fourth-order valence-corrected chi connectivity index (χ4v) is 3.54. The maximum atomic E-state index is 12.0. The fourth-order valence-electron chi connectivity index (χ4n) is 2.47. The van der Waals surface area contributed by atoms with Gasteiger partial charge in [0.15, 0.2) is 5.72 Å². The van der Waals surface area contributed by atoms with Gasteiger partial charge in [-0.25, -0.2) is 13.6 Å². The molecule has 1 aliphatic rings. The highest BCUT2D eigenvalue weighted by Gasteiger charge is 2.43. The number of sulfonamides is 1. The molecule has 0 aliphatic carbocycles. The smallest absolute Gasteiger partial charge is 0.254 e. The first-order chi connectivity index (χ1) is 10.2. The number of hydrogen-bond acceptors (Lipinski definition) is 4. The molecule has 4 N–H and O–H groups in total. The Labute approximate surface area is 131 Å². The second-order valence-electron chi connectivity index (χ2n) is 4.90. The molecule has 1 atom stereocenters. The standard InChI is InChI=1S/C14H11ClN2O4S/c15-11-6-5-8(7-12(11)22(16,20)21)14(19)10-4-2-1-3-9(10)13(18)17-14/h1-7,19H,(H,17,18)(H2,16,20,21)/t14-/m1/s1. The van der Waals surface area contributed by atoms with Gasteiger partial charge in [0, 0.05) is 16.7 Å². The van der Waals surface area contributed by atoms with E-state index in [1.807, 2.05) is 0 Å².